The van der Waals surface area contributed by atoms with Crippen LogP contribution >= 0.6 is 0 Å². The third-order valence-electron chi connectivity index (χ3n) is 4.91. The maximum Gasteiger partial charge on any atom is 0.242 e. The van der Waals surface area contributed by atoms with E-state index in [1.165, 1.54) is 5.56 Å². The van der Waals surface area contributed by atoms with E-state index in [1.807, 2.05) is 18.7 Å². The summed E-state index contributed by atoms with van der Waals surface area (Å²) in [4.78, 5) is 19.4. The van der Waals surface area contributed by atoms with Gasteiger partial charge in [-0.3, -0.25) is 4.79 Å². The molecule has 0 spiro atoms. The first-order valence-corrected chi connectivity index (χ1v) is 8.83. The van der Waals surface area contributed by atoms with Crippen LogP contribution in [-0.2, 0) is 27.2 Å². The maximum atomic E-state index is 12.7. The number of nitrogens with one attached hydrogen (secondary N) is 2. The lowest BCUT2D eigenvalue weighted by Crippen LogP contribution is -2.60. The number of amides is 1. The van der Waals surface area contributed by atoms with Crippen LogP contribution in [-0.4, -0.2) is 55.2 Å². The number of hydrogen-bond acceptors (Lipinski definition) is 6. The maximum absolute atomic E-state index is 12.7. The van der Waals surface area contributed by atoms with Crippen molar-refractivity contribution in [1.29, 1.82) is 0 Å². The van der Waals surface area contributed by atoms with Crippen molar-refractivity contribution in [2.45, 2.75) is 45.1 Å². The third-order valence-corrected chi connectivity index (χ3v) is 4.91. The summed E-state index contributed by atoms with van der Waals surface area (Å²) in [5, 5.41) is 6.61. The molecule has 1 aromatic rings. The fraction of sp³-hybridized carbons (Fsp3) is 0.667. The molecule has 138 valence electrons. The van der Waals surface area contributed by atoms with Crippen molar-refractivity contribution >= 4 is 11.7 Å². The van der Waals surface area contributed by atoms with Crippen molar-refractivity contribution in [2.24, 2.45) is 0 Å². The van der Waals surface area contributed by atoms with Gasteiger partial charge >= 0.3 is 0 Å². The molecule has 1 amide bonds. The van der Waals surface area contributed by atoms with Crippen molar-refractivity contribution in [1.82, 2.24) is 15.2 Å². The van der Waals surface area contributed by atoms with Gasteiger partial charge < -0.3 is 25.0 Å². The highest BCUT2D eigenvalue weighted by molar-refractivity contribution is 5.86. The molecule has 7 nitrogen and oxygen atoms in total. The summed E-state index contributed by atoms with van der Waals surface area (Å²) < 4.78 is 10.9. The highest BCUT2D eigenvalue weighted by atomic mass is 16.7. The van der Waals surface area contributed by atoms with Crippen LogP contribution in [0.1, 0.15) is 43.4 Å². The van der Waals surface area contributed by atoms with E-state index in [4.69, 9.17) is 14.5 Å². The van der Waals surface area contributed by atoms with Crippen LogP contribution in [0, 0.1) is 0 Å². The number of rotatable bonds is 5. The fourth-order valence-electron chi connectivity index (χ4n) is 3.53. The van der Waals surface area contributed by atoms with Gasteiger partial charge in [-0.25, -0.2) is 4.98 Å². The lowest BCUT2D eigenvalue weighted by Gasteiger charge is -2.38. The number of carbonyl (C=O) groups excluding carboxylic acids is 1. The Kier molecular flexibility index (Phi) is 5.27. The number of pyridine rings is 1. The summed E-state index contributed by atoms with van der Waals surface area (Å²) in [5.41, 5.74) is 2.38. The molecular formula is C18H28N4O3. The Balaban J connectivity index is 1.94. The first-order chi connectivity index (χ1) is 12.0. The van der Waals surface area contributed by atoms with Crippen LogP contribution in [0.3, 0.4) is 0 Å². The molecule has 0 aliphatic carbocycles. The molecule has 3 rings (SSSR count). The molecule has 0 radical (unpaired) electrons. The van der Waals surface area contributed by atoms with E-state index in [0.29, 0.717) is 13.1 Å². The van der Waals surface area contributed by atoms with Crippen molar-refractivity contribution in [3.05, 3.63) is 22.9 Å². The average molecular weight is 348 g/mol. The standard InChI is InChI=1S/C18H28N4O3/c1-18(2)17(23)22(9-8-20-18)11-13-10-12-6-5-7-19-15(12)21-14(13)16(24-3)25-4/h10,16,20H,5-9,11H2,1-4H3,(H,19,21). The van der Waals surface area contributed by atoms with Crippen molar-refractivity contribution in [3.8, 4) is 0 Å². The van der Waals surface area contributed by atoms with Crippen LogP contribution in [0.25, 0.3) is 0 Å². The number of nitrogens with zero attached hydrogens (tertiary/aromatic N) is 2. The van der Waals surface area contributed by atoms with Gasteiger partial charge in [0.05, 0.1) is 5.54 Å². The van der Waals surface area contributed by atoms with E-state index in [2.05, 4.69) is 16.7 Å². The Morgan fingerprint density at radius 1 is 1.32 bits per heavy atom. The number of fused-ring (bicyclic) bond motifs is 1. The highest BCUT2D eigenvalue weighted by Crippen LogP contribution is 2.29. The number of aryl methyl sites for hydroxylation is 1. The van der Waals surface area contributed by atoms with Gasteiger partial charge in [-0.15, -0.1) is 0 Å². The second-order valence-corrected chi connectivity index (χ2v) is 7.15. The third kappa shape index (κ3) is 3.63. The van der Waals surface area contributed by atoms with E-state index >= 15 is 0 Å². The van der Waals surface area contributed by atoms with Gasteiger partial charge in [0.1, 0.15) is 11.5 Å². The molecule has 2 N–H and O–H groups in total. The van der Waals surface area contributed by atoms with Gasteiger partial charge in [0.2, 0.25) is 12.2 Å². The first-order valence-electron chi connectivity index (χ1n) is 8.83. The minimum Gasteiger partial charge on any atom is -0.370 e. The Bertz CT molecular complexity index is 643. The zero-order chi connectivity index (χ0) is 18.0. The molecule has 2 aliphatic rings. The normalized spacial score (nSPS) is 19.7. The molecule has 0 atom stereocenters. The van der Waals surface area contributed by atoms with E-state index < -0.39 is 11.8 Å². The molecular weight excluding hydrogens is 320 g/mol. The molecule has 0 unspecified atom stereocenters. The number of hydrogen-bond donors (Lipinski definition) is 2. The molecule has 7 heteroatoms. The van der Waals surface area contributed by atoms with Crippen molar-refractivity contribution in [3.63, 3.8) is 0 Å². The van der Waals surface area contributed by atoms with Crippen molar-refractivity contribution < 1.29 is 14.3 Å². The Labute approximate surface area is 149 Å². The lowest BCUT2D eigenvalue weighted by atomic mass is 9.98. The molecule has 1 fully saturated rings. The lowest BCUT2D eigenvalue weighted by molar-refractivity contribution is -0.140. The molecule has 0 saturated carbocycles. The number of methoxy groups -OCH3 is 2. The summed E-state index contributed by atoms with van der Waals surface area (Å²) in [6.07, 6.45) is 1.54. The van der Waals surface area contributed by atoms with Crippen LogP contribution < -0.4 is 10.6 Å². The quantitative estimate of drug-likeness (QED) is 0.785. The van der Waals surface area contributed by atoms with Gasteiger partial charge in [0, 0.05) is 40.4 Å². The molecule has 3 heterocycles. The summed E-state index contributed by atoms with van der Waals surface area (Å²) in [6, 6.07) is 2.15. The topological polar surface area (TPSA) is 75.7 Å². The average Bonchev–Trinajstić information content (AvgIpc) is 2.60. The smallest absolute Gasteiger partial charge is 0.242 e. The Morgan fingerprint density at radius 2 is 2.08 bits per heavy atom. The molecule has 0 bridgehead atoms. The van der Waals surface area contributed by atoms with Crippen LogP contribution in [0.2, 0.25) is 0 Å². The number of carbonyl (C=O) groups is 1. The van der Waals surface area contributed by atoms with Gasteiger partial charge in [-0.05, 0) is 43.9 Å². The first kappa shape index (κ1) is 18.1. The van der Waals surface area contributed by atoms with Gasteiger partial charge in [-0.1, -0.05) is 0 Å². The Hall–Kier alpha value is -1.70. The van der Waals surface area contributed by atoms with E-state index in [1.54, 1.807) is 14.2 Å². The van der Waals surface area contributed by atoms with Crippen LogP contribution in [0.15, 0.2) is 6.07 Å². The van der Waals surface area contributed by atoms with Gasteiger partial charge in [0.15, 0.2) is 0 Å². The van der Waals surface area contributed by atoms with E-state index in [0.717, 1.165) is 43.0 Å². The second-order valence-electron chi connectivity index (χ2n) is 7.15. The molecule has 1 aromatic heterocycles. The number of aromatic nitrogens is 1. The summed E-state index contributed by atoms with van der Waals surface area (Å²) in [7, 11) is 3.21. The van der Waals surface area contributed by atoms with Crippen LogP contribution in [0.4, 0.5) is 5.82 Å². The largest absolute Gasteiger partial charge is 0.370 e. The zero-order valence-corrected chi connectivity index (χ0v) is 15.5. The summed E-state index contributed by atoms with van der Waals surface area (Å²) in [5.74, 6) is 1.00. The Morgan fingerprint density at radius 3 is 2.80 bits per heavy atom. The van der Waals surface area contributed by atoms with E-state index in [-0.39, 0.29) is 5.91 Å². The molecule has 25 heavy (non-hydrogen) atoms. The van der Waals surface area contributed by atoms with Crippen molar-refractivity contribution in [2.75, 3.05) is 39.2 Å². The molecule has 0 aromatic carbocycles. The predicted octanol–water partition coefficient (Wildman–Crippen LogP) is 1.44. The minimum absolute atomic E-state index is 0.104. The molecule has 2 aliphatic heterocycles. The second kappa shape index (κ2) is 7.27. The minimum atomic E-state index is -0.546. The number of ether oxygens (including phenoxy) is 2. The monoisotopic (exact) mass is 348 g/mol. The number of piperazine rings is 1. The van der Waals surface area contributed by atoms with Gasteiger partial charge in [-0.2, -0.15) is 0 Å². The predicted molar refractivity (Wildman–Crippen MR) is 95.3 cm³/mol. The van der Waals surface area contributed by atoms with Gasteiger partial charge in [0.25, 0.3) is 0 Å². The highest BCUT2D eigenvalue weighted by Gasteiger charge is 2.36. The zero-order valence-electron chi connectivity index (χ0n) is 15.5. The molecule has 1 saturated heterocycles. The van der Waals surface area contributed by atoms with Crippen LogP contribution in [0.5, 0.6) is 0 Å². The van der Waals surface area contributed by atoms with E-state index in [9.17, 15) is 4.79 Å². The summed E-state index contributed by atoms with van der Waals surface area (Å²) in [6.45, 7) is 6.75. The summed E-state index contributed by atoms with van der Waals surface area (Å²) >= 11 is 0. The SMILES string of the molecule is COC(OC)c1nc2c(cc1CN1CCNC(C)(C)C1=O)CCCN2. The fourth-order valence-corrected chi connectivity index (χ4v) is 3.53. The number of anilines is 1.